The molecule has 8 nitrogen and oxygen atoms in total. The number of nitrogens with one attached hydrogen (secondary N) is 1. The van der Waals surface area contributed by atoms with Gasteiger partial charge >= 0.3 is 5.97 Å². The summed E-state index contributed by atoms with van der Waals surface area (Å²) in [5, 5.41) is 13.9. The molecule has 1 aliphatic rings. The molecule has 2 aromatic rings. The summed E-state index contributed by atoms with van der Waals surface area (Å²) < 4.78 is 5.31. The number of ether oxygens (including phenoxy) is 1. The predicted octanol–water partition coefficient (Wildman–Crippen LogP) is 3.66. The van der Waals surface area contributed by atoms with Crippen LogP contribution in [0.4, 0.5) is 11.4 Å². The number of likely N-dealkylation sites (tertiary alicyclic amines) is 1. The van der Waals surface area contributed by atoms with E-state index in [0.29, 0.717) is 24.7 Å². The maximum atomic E-state index is 12.7. The Morgan fingerprint density at radius 3 is 2.48 bits per heavy atom. The number of anilines is 1. The van der Waals surface area contributed by atoms with Crippen molar-refractivity contribution in [1.82, 2.24) is 4.90 Å². The maximum Gasteiger partial charge on any atom is 0.339 e. The summed E-state index contributed by atoms with van der Waals surface area (Å²) >= 11 is 0. The van der Waals surface area contributed by atoms with Crippen LogP contribution >= 0.6 is 0 Å². The fourth-order valence-electron chi connectivity index (χ4n) is 3.86. The van der Waals surface area contributed by atoms with Gasteiger partial charge in [0.1, 0.15) is 5.69 Å². The molecule has 164 valence electrons. The van der Waals surface area contributed by atoms with Gasteiger partial charge in [0, 0.05) is 26.2 Å². The molecule has 0 bridgehead atoms. The van der Waals surface area contributed by atoms with Gasteiger partial charge < -0.3 is 15.0 Å². The number of nitro groups is 1. The topological polar surface area (TPSA) is 102 Å². The summed E-state index contributed by atoms with van der Waals surface area (Å²) in [6, 6.07) is 14.3. The third-order valence-corrected chi connectivity index (χ3v) is 5.62. The van der Waals surface area contributed by atoms with Crippen molar-refractivity contribution >= 4 is 23.3 Å². The highest BCUT2D eigenvalue weighted by atomic mass is 16.6. The average molecular weight is 425 g/mol. The van der Waals surface area contributed by atoms with E-state index in [1.807, 2.05) is 18.2 Å². The van der Waals surface area contributed by atoms with Gasteiger partial charge in [-0.05, 0) is 49.8 Å². The van der Waals surface area contributed by atoms with Gasteiger partial charge in [-0.3, -0.25) is 14.9 Å². The van der Waals surface area contributed by atoms with Crippen molar-refractivity contribution in [3.05, 3.63) is 69.8 Å². The molecule has 31 heavy (non-hydrogen) atoms. The molecule has 1 fully saturated rings. The number of rotatable bonds is 7. The van der Waals surface area contributed by atoms with E-state index in [0.717, 1.165) is 25.3 Å². The van der Waals surface area contributed by atoms with Gasteiger partial charge in [0.25, 0.3) is 11.6 Å². The standard InChI is InChI=1S/C23H27N3O5/c1-16(31-23(28)19-8-9-20(24-2)21(15-19)26(29)30)22(27)25-12-10-18(11-13-25)14-17-6-4-3-5-7-17/h3-9,15-16,18,24H,10-14H2,1-2H3/t16-/m0/s1. The van der Waals surface area contributed by atoms with Crippen LogP contribution in [0.25, 0.3) is 0 Å². The quantitative estimate of drug-likeness (QED) is 0.413. The summed E-state index contributed by atoms with van der Waals surface area (Å²) in [6.45, 7) is 2.79. The lowest BCUT2D eigenvalue weighted by Gasteiger charge is -2.33. The first kappa shape index (κ1) is 22.3. The first-order valence-electron chi connectivity index (χ1n) is 10.4. The Morgan fingerprint density at radius 1 is 1.19 bits per heavy atom. The maximum absolute atomic E-state index is 12.7. The molecule has 0 radical (unpaired) electrons. The van der Waals surface area contributed by atoms with E-state index in [4.69, 9.17) is 4.74 Å². The van der Waals surface area contributed by atoms with Crippen LogP contribution in [0.2, 0.25) is 0 Å². The molecule has 1 saturated heterocycles. The molecule has 8 heteroatoms. The monoisotopic (exact) mass is 425 g/mol. The SMILES string of the molecule is CNc1ccc(C(=O)O[C@@H](C)C(=O)N2CCC(Cc3ccccc3)CC2)cc1[N+](=O)[O-]. The van der Waals surface area contributed by atoms with Crippen LogP contribution in [0, 0.1) is 16.0 Å². The Hall–Kier alpha value is -3.42. The van der Waals surface area contributed by atoms with Crippen molar-refractivity contribution in [2.24, 2.45) is 5.92 Å². The van der Waals surface area contributed by atoms with Crippen LogP contribution in [0.5, 0.6) is 0 Å². The zero-order valence-electron chi connectivity index (χ0n) is 17.7. The third-order valence-electron chi connectivity index (χ3n) is 5.62. The summed E-state index contributed by atoms with van der Waals surface area (Å²) in [6.07, 6.45) is 1.84. The third kappa shape index (κ3) is 5.59. The number of nitro benzene ring substituents is 1. The van der Waals surface area contributed by atoms with Gasteiger partial charge in [0.15, 0.2) is 6.10 Å². The minimum absolute atomic E-state index is 0.0342. The molecule has 0 unspecified atom stereocenters. The number of carbonyl (C=O) groups is 2. The fraction of sp³-hybridized carbons (Fsp3) is 0.391. The number of esters is 1. The molecular formula is C23H27N3O5. The number of piperidine rings is 1. The molecule has 1 aliphatic heterocycles. The van der Waals surface area contributed by atoms with Crippen LogP contribution in [0.1, 0.15) is 35.7 Å². The van der Waals surface area contributed by atoms with E-state index < -0.39 is 17.0 Å². The Bertz CT molecular complexity index is 939. The number of amides is 1. The zero-order valence-corrected chi connectivity index (χ0v) is 17.7. The molecule has 1 heterocycles. The van der Waals surface area contributed by atoms with E-state index in [2.05, 4.69) is 17.4 Å². The number of carbonyl (C=O) groups excluding carboxylic acids is 2. The number of hydrogen-bond acceptors (Lipinski definition) is 6. The Morgan fingerprint density at radius 2 is 1.87 bits per heavy atom. The van der Waals surface area contributed by atoms with Crippen LogP contribution in [-0.4, -0.2) is 47.9 Å². The van der Waals surface area contributed by atoms with Crippen molar-refractivity contribution in [2.75, 3.05) is 25.5 Å². The minimum Gasteiger partial charge on any atom is -0.449 e. The van der Waals surface area contributed by atoms with Gasteiger partial charge in [0.2, 0.25) is 0 Å². The van der Waals surface area contributed by atoms with Crippen molar-refractivity contribution in [3.8, 4) is 0 Å². The van der Waals surface area contributed by atoms with E-state index in [1.165, 1.54) is 24.6 Å². The largest absolute Gasteiger partial charge is 0.449 e. The Kier molecular flexibility index (Phi) is 7.23. The van der Waals surface area contributed by atoms with E-state index >= 15 is 0 Å². The molecular weight excluding hydrogens is 398 g/mol. The predicted molar refractivity (Wildman–Crippen MR) is 117 cm³/mol. The molecule has 0 spiro atoms. The lowest BCUT2D eigenvalue weighted by atomic mass is 9.90. The smallest absolute Gasteiger partial charge is 0.339 e. The van der Waals surface area contributed by atoms with Crippen LogP contribution in [-0.2, 0) is 16.0 Å². The van der Waals surface area contributed by atoms with Crippen molar-refractivity contribution < 1.29 is 19.2 Å². The van der Waals surface area contributed by atoms with Crippen molar-refractivity contribution in [3.63, 3.8) is 0 Å². The molecule has 0 saturated carbocycles. The summed E-state index contributed by atoms with van der Waals surface area (Å²) in [7, 11) is 1.56. The van der Waals surface area contributed by atoms with Crippen LogP contribution in [0.15, 0.2) is 48.5 Å². The van der Waals surface area contributed by atoms with Crippen molar-refractivity contribution in [1.29, 1.82) is 0 Å². The molecule has 1 atom stereocenters. The Labute approximate surface area is 181 Å². The van der Waals surface area contributed by atoms with Gasteiger partial charge in [0.05, 0.1) is 10.5 Å². The molecule has 1 N–H and O–H groups in total. The van der Waals surface area contributed by atoms with Gasteiger partial charge in [-0.25, -0.2) is 4.79 Å². The highest BCUT2D eigenvalue weighted by Gasteiger charge is 2.29. The first-order chi connectivity index (χ1) is 14.9. The van der Waals surface area contributed by atoms with Crippen LogP contribution in [0.3, 0.4) is 0 Å². The first-order valence-corrected chi connectivity index (χ1v) is 10.4. The second kappa shape index (κ2) is 10.1. The van der Waals surface area contributed by atoms with Gasteiger partial charge in [-0.2, -0.15) is 0 Å². The summed E-state index contributed by atoms with van der Waals surface area (Å²) in [4.78, 5) is 37.5. The van der Waals surface area contributed by atoms with Crippen LogP contribution < -0.4 is 5.32 Å². The fourth-order valence-corrected chi connectivity index (χ4v) is 3.86. The zero-order chi connectivity index (χ0) is 22.4. The number of hydrogen-bond donors (Lipinski definition) is 1. The molecule has 0 aromatic heterocycles. The van der Waals surface area contributed by atoms with Crippen molar-refractivity contribution in [2.45, 2.75) is 32.3 Å². The lowest BCUT2D eigenvalue weighted by Crippen LogP contribution is -2.44. The average Bonchev–Trinajstić information content (AvgIpc) is 2.79. The highest BCUT2D eigenvalue weighted by Crippen LogP contribution is 2.26. The number of benzene rings is 2. The molecule has 3 rings (SSSR count). The van der Waals surface area contributed by atoms with E-state index in [1.54, 1.807) is 11.9 Å². The van der Waals surface area contributed by atoms with E-state index in [-0.39, 0.29) is 17.2 Å². The highest BCUT2D eigenvalue weighted by molar-refractivity contribution is 5.93. The second-order valence-corrected chi connectivity index (χ2v) is 7.74. The lowest BCUT2D eigenvalue weighted by molar-refractivity contribution is -0.384. The molecule has 2 aromatic carbocycles. The van der Waals surface area contributed by atoms with Gasteiger partial charge in [-0.15, -0.1) is 0 Å². The van der Waals surface area contributed by atoms with Gasteiger partial charge in [-0.1, -0.05) is 30.3 Å². The summed E-state index contributed by atoms with van der Waals surface area (Å²) in [5.41, 5.74) is 1.40. The normalized spacial score (nSPS) is 15.2. The Balaban J connectivity index is 1.54. The summed E-state index contributed by atoms with van der Waals surface area (Å²) in [5.74, 6) is -0.478. The second-order valence-electron chi connectivity index (χ2n) is 7.74. The minimum atomic E-state index is -0.957. The molecule has 1 amide bonds. The molecule has 0 aliphatic carbocycles. The number of nitrogens with zero attached hydrogens (tertiary/aromatic N) is 2. The van der Waals surface area contributed by atoms with E-state index in [9.17, 15) is 19.7 Å².